The number of carbonyl (C=O) groups excluding carboxylic acids is 1. The normalized spacial score (nSPS) is 9.70. The monoisotopic (exact) mass is 279 g/mol. The second kappa shape index (κ2) is 7.18. The van der Waals surface area contributed by atoms with Gasteiger partial charge in [0.2, 0.25) is 0 Å². The van der Waals surface area contributed by atoms with E-state index in [9.17, 15) is 9.59 Å². The number of benzene rings is 1. The van der Waals surface area contributed by atoms with Gasteiger partial charge in [-0.25, -0.2) is 4.79 Å². The maximum absolute atomic E-state index is 11.4. The average Bonchev–Trinajstić information content (AvgIpc) is 2.42. The Labute approximate surface area is 117 Å². The molecule has 0 saturated carbocycles. The molecule has 0 atom stereocenters. The number of likely N-dealkylation sites (N-methyl/N-ethyl adjacent to an activating group) is 1. The van der Waals surface area contributed by atoms with Crippen molar-refractivity contribution in [1.82, 2.24) is 4.90 Å². The molecule has 0 aliphatic carbocycles. The minimum absolute atomic E-state index is 0.0267. The van der Waals surface area contributed by atoms with Crippen molar-refractivity contribution < 1.29 is 24.2 Å². The van der Waals surface area contributed by atoms with E-state index in [1.165, 1.54) is 23.1 Å². The van der Waals surface area contributed by atoms with Gasteiger partial charge in [-0.15, -0.1) is 0 Å². The van der Waals surface area contributed by atoms with Crippen molar-refractivity contribution in [3.05, 3.63) is 36.4 Å². The van der Waals surface area contributed by atoms with E-state index in [4.69, 9.17) is 14.6 Å². The summed E-state index contributed by atoms with van der Waals surface area (Å²) in [4.78, 5) is 23.8. The van der Waals surface area contributed by atoms with Gasteiger partial charge in [0, 0.05) is 20.2 Å². The highest BCUT2D eigenvalue weighted by atomic mass is 16.5. The Kier molecular flexibility index (Phi) is 5.58. The zero-order valence-corrected chi connectivity index (χ0v) is 11.5. The summed E-state index contributed by atoms with van der Waals surface area (Å²) in [6, 6.07) is 4.25. The lowest BCUT2D eigenvalue weighted by Crippen LogP contribution is -2.27. The summed E-state index contributed by atoms with van der Waals surface area (Å²) < 4.78 is 10.6. The van der Waals surface area contributed by atoms with Crippen LogP contribution in [-0.2, 0) is 4.79 Å². The van der Waals surface area contributed by atoms with Crippen molar-refractivity contribution in [1.29, 1.82) is 0 Å². The van der Waals surface area contributed by atoms with Crippen molar-refractivity contribution in [2.75, 3.05) is 27.3 Å². The third-order valence-corrected chi connectivity index (χ3v) is 2.36. The average molecular weight is 279 g/mol. The summed E-state index contributed by atoms with van der Waals surface area (Å²) >= 11 is 0. The molecule has 6 heteroatoms. The Morgan fingerprint density at radius 2 is 1.85 bits per heavy atom. The van der Waals surface area contributed by atoms with Crippen LogP contribution in [0.2, 0.25) is 0 Å². The van der Waals surface area contributed by atoms with E-state index in [2.05, 4.69) is 6.58 Å². The fraction of sp³-hybridized carbons (Fsp3) is 0.286. The molecule has 1 aromatic rings. The number of hydrogen-bond acceptors (Lipinski definition) is 4. The first-order chi connectivity index (χ1) is 9.43. The van der Waals surface area contributed by atoms with Crippen LogP contribution in [-0.4, -0.2) is 49.2 Å². The lowest BCUT2D eigenvalue weighted by molar-refractivity contribution is -0.130. The van der Waals surface area contributed by atoms with Crippen LogP contribution >= 0.6 is 0 Å². The van der Waals surface area contributed by atoms with E-state index >= 15 is 0 Å². The number of hydrogen-bond donors (Lipinski definition) is 1. The third kappa shape index (κ3) is 4.64. The maximum Gasteiger partial charge on any atom is 0.335 e. The van der Waals surface area contributed by atoms with Crippen LogP contribution in [0, 0.1) is 0 Å². The van der Waals surface area contributed by atoms with E-state index in [0.29, 0.717) is 5.75 Å². The van der Waals surface area contributed by atoms with E-state index in [0.717, 1.165) is 0 Å². The van der Waals surface area contributed by atoms with Gasteiger partial charge in [-0.2, -0.15) is 0 Å². The number of ether oxygens (including phenoxy) is 2. The molecule has 0 heterocycles. The second-order valence-corrected chi connectivity index (χ2v) is 4.17. The molecule has 0 saturated heterocycles. The smallest absolute Gasteiger partial charge is 0.335 e. The molecule has 1 rings (SSSR count). The molecule has 108 valence electrons. The number of aromatic carboxylic acids is 1. The first kappa shape index (κ1) is 15.6. The molecule has 1 amide bonds. The van der Waals surface area contributed by atoms with Crippen molar-refractivity contribution in [3.63, 3.8) is 0 Å². The highest BCUT2D eigenvalue weighted by Gasteiger charge is 2.11. The zero-order chi connectivity index (χ0) is 15.1. The predicted molar refractivity (Wildman–Crippen MR) is 73.3 cm³/mol. The van der Waals surface area contributed by atoms with Gasteiger partial charge in [0.25, 0.3) is 5.91 Å². The van der Waals surface area contributed by atoms with Gasteiger partial charge < -0.3 is 19.5 Å². The number of carbonyl (C=O) groups is 2. The first-order valence-electron chi connectivity index (χ1n) is 5.89. The number of nitrogens with zero attached hydrogens (tertiary/aromatic N) is 1. The Morgan fingerprint density at radius 3 is 2.35 bits per heavy atom. The zero-order valence-electron chi connectivity index (χ0n) is 11.5. The van der Waals surface area contributed by atoms with Gasteiger partial charge in [-0.05, 0) is 12.1 Å². The minimum Gasteiger partial charge on any atom is -0.489 e. The predicted octanol–water partition coefficient (Wildman–Crippen LogP) is 1.42. The van der Waals surface area contributed by atoms with Gasteiger partial charge >= 0.3 is 5.97 Å². The topological polar surface area (TPSA) is 76.1 Å². The van der Waals surface area contributed by atoms with Crippen LogP contribution in [0.25, 0.3) is 0 Å². The Hall–Kier alpha value is -2.50. The van der Waals surface area contributed by atoms with Crippen LogP contribution < -0.4 is 9.47 Å². The quantitative estimate of drug-likeness (QED) is 0.764. The van der Waals surface area contributed by atoms with Gasteiger partial charge in [0.1, 0.15) is 18.1 Å². The molecule has 0 unspecified atom stereocenters. The van der Waals surface area contributed by atoms with E-state index in [1.807, 2.05) is 0 Å². The molecule has 0 spiro atoms. The van der Waals surface area contributed by atoms with Crippen LogP contribution in [0.3, 0.4) is 0 Å². The molecule has 20 heavy (non-hydrogen) atoms. The first-order valence-corrected chi connectivity index (χ1v) is 5.89. The molecular formula is C14H17NO5. The van der Waals surface area contributed by atoms with Gasteiger partial charge in [-0.3, -0.25) is 4.79 Å². The van der Waals surface area contributed by atoms with E-state index in [-0.39, 0.29) is 30.4 Å². The molecule has 1 aromatic carbocycles. The van der Waals surface area contributed by atoms with Crippen LogP contribution in [0.4, 0.5) is 0 Å². The molecule has 0 aromatic heterocycles. The van der Waals surface area contributed by atoms with Gasteiger partial charge in [0.05, 0.1) is 5.56 Å². The number of rotatable bonds is 7. The standard InChI is InChI=1S/C14H17NO5/c1-4-5-19-11-6-10(14(17)18)7-12(8-11)20-9-13(16)15(2)3/h4,6-8H,1,5,9H2,2-3H3,(H,17,18). The lowest BCUT2D eigenvalue weighted by Gasteiger charge is -2.13. The van der Waals surface area contributed by atoms with Gasteiger partial charge in [0.15, 0.2) is 6.61 Å². The maximum atomic E-state index is 11.4. The molecule has 0 bridgehead atoms. The van der Waals surface area contributed by atoms with Crippen LogP contribution in [0.15, 0.2) is 30.9 Å². The van der Waals surface area contributed by atoms with Crippen molar-refractivity contribution >= 4 is 11.9 Å². The van der Waals surface area contributed by atoms with Crippen LogP contribution in [0.1, 0.15) is 10.4 Å². The van der Waals surface area contributed by atoms with Gasteiger partial charge in [-0.1, -0.05) is 12.7 Å². The number of carboxylic acids is 1. The summed E-state index contributed by atoms with van der Waals surface area (Å²) in [7, 11) is 3.22. The lowest BCUT2D eigenvalue weighted by atomic mass is 10.2. The van der Waals surface area contributed by atoms with E-state index < -0.39 is 5.97 Å². The Morgan fingerprint density at radius 1 is 1.25 bits per heavy atom. The largest absolute Gasteiger partial charge is 0.489 e. The summed E-state index contributed by atoms with van der Waals surface area (Å²) in [5.74, 6) is -0.714. The molecule has 0 aliphatic heterocycles. The summed E-state index contributed by atoms with van der Waals surface area (Å²) in [6.07, 6.45) is 1.55. The summed E-state index contributed by atoms with van der Waals surface area (Å²) in [5, 5.41) is 9.02. The third-order valence-electron chi connectivity index (χ3n) is 2.36. The Balaban J connectivity index is 2.88. The SMILES string of the molecule is C=CCOc1cc(OCC(=O)N(C)C)cc(C(=O)O)c1. The molecule has 0 fully saturated rings. The number of carboxylic acid groups (broad SMARTS) is 1. The number of amides is 1. The molecule has 0 radical (unpaired) electrons. The van der Waals surface area contributed by atoms with Crippen molar-refractivity contribution in [2.24, 2.45) is 0 Å². The highest BCUT2D eigenvalue weighted by Crippen LogP contribution is 2.23. The van der Waals surface area contributed by atoms with Crippen molar-refractivity contribution in [2.45, 2.75) is 0 Å². The fourth-order valence-corrected chi connectivity index (χ4v) is 1.29. The Bertz CT molecular complexity index is 510. The second-order valence-electron chi connectivity index (χ2n) is 4.17. The fourth-order valence-electron chi connectivity index (χ4n) is 1.29. The highest BCUT2D eigenvalue weighted by molar-refractivity contribution is 5.88. The van der Waals surface area contributed by atoms with E-state index in [1.54, 1.807) is 20.2 Å². The molecule has 0 aliphatic rings. The molecule has 1 N–H and O–H groups in total. The van der Waals surface area contributed by atoms with Crippen molar-refractivity contribution in [3.8, 4) is 11.5 Å². The van der Waals surface area contributed by atoms with Crippen LogP contribution in [0.5, 0.6) is 11.5 Å². The summed E-state index contributed by atoms with van der Waals surface area (Å²) in [6.45, 7) is 3.59. The summed E-state index contributed by atoms with van der Waals surface area (Å²) in [5.41, 5.74) is 0.0267. The minimum atomic E-state index is -1.10. The molecular weight excluding hydrogens is 262 g/mol. The molecule has 6 nitrogen and oxygen atoms in total.